The maximum atomic E-state index is 9.75. The number of quaternary nitrogens is 1. The second-order valence-corrected chi connectivity index (χ2v) is 3.66. The molecule has 0 aliphatic heterocycles. The van der Waals surface area contributed by atoms with Crippen molar-refractivity contribution in [3.05, 3.63) is 12.7 Å². The van der Waals surface area contributed by atoms with Crippen LogP contribution in [0.4, 0.5) is 17.3 Å². The first kappa shape index (κ1) is 18.8. The zero-order valence-electron chi connectivity index (χ0n) is 10.8. The monoisotopic (exact) mass is 259 g/mol. The lowest BCUT2D eigenvalue weighted by molar-refractivity contribution is -0.919. The van der Waals surface area contributed by atoms with E-state index >= 15 is 0 Å². The van der Waals surface area contributed by atoms with Gasteiger partial charge in [-0.15, -0.1) is 0 Å². The number of halogens is 4. The molecule has 0 N–H and O–H groups in total. The average Bonchev–Trinajstić information content (AvgIpc) is 2.22. The van der Waals surface area contributed by atoms with Crippen molar-refractivity contribution < 1.29 is 26.5 Å². The van der Waals surface area contributed by atoms with E-state index in [0.717, 1.165) is 37.3 Å². The molecule has 0 spiro atoms. The molecular weight excluding hydrogens is 237 g/mol. The van der Waals surface area contributed by atoms with Crippen molar-refractivity contribution in [1.29, 1.82) is 0 Å². The van der Waals surface area contributed by atoms with Crippen molar-refractivity contribution >= 4 is 7.25 Å². The molecule has 0 aromatic heterocycles. The molecule has 2 nitrogen and oxygen atoms in total. The number of likely N-dealkylation sites (N-methyl/N-ethyl adjacent to an activating group) is 1. The van der Waals surface area contributed by atoms with Gasteiger partial charge in [0.25, 0.3) is 0 Å². The summed E-state index contributed by atoms with van der Waals surface area (Å²) in [5, 5.41) is 0. The van der Waals surface area contributed by atoms with E-state index < -0.39 is 7.25 Å². The summed E-state index contributed by atoms with van der Waals surface area (Å²) in [6, 6.07) is 0. The predicted octanol–water partition coefficient (Wildman–Crippen LogP) is 2.98. The Kier molecular flexibility index (Phi) is 10.5. The quantitative estimate of drug-likeness (QED) is 0.295. The average molecular weight is 259 g/mol. The van der Waals surface area contributed by atoms with Gasteiger partial charge in [0.05, 0.1) is 26.2 Å². The van der Waals surface area contributed by atoms with Gasteiger partial charge in [0.2, 0.25) is 0 Å². The predicted molar refractivity (Wildman–Crippen MR) is 63.3 cm³/mol. The molecular formula is C10H22BF4NO. The molecule has 0 aromatic rings. The summed E-state index contributed by atoms with van der Waals surface area (Å²) >= 11 is 0. The Hall–Kier alpha value is -0.555. The van der Waals surface area contributed by atoms with Crippen LogP contribution in [0, 0.1) is 0 Å². The Bertz CT molecular complexity index is 189. The van der Waals surface area contributed by atoms with Gasteiger partial charge in [-0.2, -0.15) is 0 Å². The SMILES string of the molecule is C=CC[N+](CC)(CC)CCOC.F[B-](F)(F)F. The van der Waals surface area contributed by atoms with Crippen molar-refractivity contribution in [2.45, 2.75) is 13.8 Å². The standard InChI is InChI=1S/C10H22NO.BF4/c1-5-8-11(6-2,7-3)9-10-12-4;2-1(3,4)5/h5H,1,6-10H2,2-4H3;/q+1;-1. The molecule has 0 amide bonds. The zero-order chi connectivity index (χ0) is 13.9. The van der Waals surface area contributed by atoms with Gasteiger partial charge in [-0.05, 0) is 19.9 Å². The first-order valence-corrected chi connectivity index (χ1v) is 5.57. The van der Waals surface area contributed by atoms with E-state index in [4.69, 9.17) is 4.74 Å². The van der Waals surface area contributed by atoms with E-state index in [1.807, 2.05) is 6.08 Å². The molecule has 0 saturated heterocycles. The molecule has 0 fully saturated rings. The molecule has 0 aromatic carbocycles. The van der Waals surface area contributed by atoms with Crippen LogP contribution in [0.3, 0.4) is 0 Å². The lowest BCUT2D eigenvalue weighted by Gasteiger charge is -2.35. The van der Waals surface area contributed by atoms with Gasteiger partial charge in [0.15, 0.2) is 0 Å². The van der Waals surface area contributed by atoms with Gasteiger partial charge in [0.1, 0.15) is 6.54 Å². The van der Waals surface area contributed by atoms with Crippen LogP contribution in [0.2, 0.25) is 0 Å². The fourth-order valence-corrected chi connectivity index (χ4v) is 1.45. The minimum Gasteiger partial charge on any atom is -0.418 e. The highest BCUT2D eigenvalue weighted by atomic mass is 19.5. The number of hydrogen-bond acceptors (Lipinski definition) is 1. The number of nitrogens with zero attached hydrogens (tertiary/aromatic N) is 1. The third-order valence-electron chi connectivity index (χ3n) is 2.63. The van der Waals surface area contributed by atoms with Crippen LogP contribution in [-0.4, -0.2) is 51.6 Å². The van der Waals surface area contributed by atoms with Crippen LogP contribution >= 0.6 is 0 Å². The van der Waals surface area contributed by atoms with Crippen molar-refractivity contribution in [2.75, 3.05) is 39.9 Å². The minimum atomic E-state index is -6.00. The molecule has 0 unspecified atom stereocenters. The van der Waals surface area contributed by atoms with E-state index in [-0.39, 0.29) is 0 Å². The van der Waals surface area contributed by atoms with Gasteiger partial charge in [-0.25, -0.2) is 0 Å². The summed E-state index contributed by atoms with van der Waals surface area (Å²) in [6.07, 6.45) is 2.00. The van der Waals surface area contributed by atoms with E-state index in [0.29, 0.717) is 0 Å². The van der Waals surface area contributed by atoms with E-state index in [2.05, 4.69) is 20.4 Å². The lowest BCUT2D eigenvalue weighted by atomic mass is 10.3. The highest BCUT2D eigenvalue weighted by Gasteiger charge is 2.21. The topological polar surface area (TPSA) is 9.23 Å². The van der Waals surface area contributed by atoms with Gasteiger partial charge in [-0.1, -0.05) is 6.58 Å². The third kappa shape index (κ3) is 13.4. The number of hydrogen-bond donors (Lipinski definition) is 0. The summed E-state index contributed by atoms with van der Waals surface area (Å²) in [5.41, 5.74) is 0. The molecule has 0 rings (SSSR count). The Balaban J connectivity index is 0. The molecule has 0 bridgehead atoms. The summed E-state index contributed by atoms with van der Waals surface area (Å²) in [7, 11) is -4.24. The maximum Gasteiger partial charge on any atom is 0.673 e. The van der Waals surface area contributed by atoms with Gasteiger partial charge in [0, 0.05) is 7.11 Å². The molecule has 0 atom stereocenters. The molecule has 0 radical (unpaired) electrons. The van der Waals surface area contributed by atoms with Crippen LogP contribution in [0.5, 0.6) is 0 Å². The minimum absolute atomic E-state index is 0.843. The second-order valence-electron chi connectivity index (χ2n) is 3.66. The van der Waals surface area contributed by atoms with Gasteiger partial charge < -0.3 is 26.5 Å². The van der Waals surface area contributed by atoms with Crippen LogP contribution in [0.25, 0.3) is 0 Å². The molecule has 17 heavy (non-hydrogen) atoms. The van der Waals surface area contributed by atoms with E-state index in [1.54, 1.807) is 7.11 Å². The van der Waals surface area contributed by atoms with Crippen LogP contribution in [0.15, 0.2) is 12.7 Å². The fraction of sp³-hybridized carbons (Fsp3) is 0.800. The summed E-state index contributed by atoms with van der Waals surface area (Å²) in [5.74, 6) is 0. The van der Waals surface area contributed by atoms with Crippen molar-refractivity contribution in [2.24, 2.45) is 0 Å². The molecule has 0 saturated carbocycles. The van der Waals surface area contributed by atoms with Gasteiger partial charge >= 0.3 is 7.25 Å². The molecule has 7 heteroatoms. The first-order chi connectivity index (χ1) is 7.74. The summed E-state index contributed by atoms with van der Waals surface area (Å²) in [4.78, 5) is 0. The number of ether oxygens (including phenoxy) is 1. The number of rotatable bonds is 7. The van der Waals surface area contributed by atoms with Crippen LogP contribution < -0.4 is 0 Å². The van der Waals surface area contributed by atoms with Crippen molar-refractivity contribution in [3.63, 3.8) is 0 Å². The first-order valence-electron chi connectivity index (χ1n) is 5.57. The van der Waals surface area contributed by atoms with E-state index in [9.17, 15) is 17.3 Å². The van der Waals surface area contributed by atoms with E-state index in [1.165, 1.54) is 0 Å². The highest BCUT2D eigenvalue weighted by Crippen LogP contribution is 2.06. The Morgan fingerprint density at radius 3 is 1.82 bits per heavy atom. The third-order valence-corrected chi connectivity index (χ3v) is 2.63. The normalized spacial score (nSPS) is 11.7. The summed E-state index contributed by atoms with van der Waals surface area (Å²) < 4.78 is 45.2. The van der Waals surface area contributed by atoms with Crippen molar-refractivity contribution in [1.82, 2.24) is 0 Å². The smallest absolute Gasteiger partial charge is 0.418 e. The Labute approximate surface area is 101 Å². The maximum absolute atomic E-state index is 9.75. The number of methoxy groups -OCH3 is 1. The Morgan fingerprint density at radius 2 is 1.59 bits per heavy atom. The lowest BCUT2D eigenvalue weighted by Crippen LogP contribution is -2.49. The van der Waals surface area contributed by atoms with Gasteiger partial charge in [-0.3, -0.25) is 0 Å². The Morgan fingerprint density at radius 1 is 1.18 bits per heavy atom. The molecule has 104 valence electrons. The molecule has 0 aliphatic rings. The summed E-state index contributed by atoms with van der Waals surface area (Å²) in [6.45, 7) is 13.5. The molecule has 0 aliphatic carbocycles. The van der Waals surface area contributed by atoms with Crippen LogP contribution in [0.1, 0.15) is 13.8 Å². The zero-order valence-corrected chi connectivity index (χ0v) is 10.8. The second kappa shape index (κ2) is 9.47. The van der Waals surface area contributed by atoms with Crippen LogP contribution in [-0.2, 0) is 4.74 Å². The highest BCUT2D eigenvalue weighted by molar-refractivity contribution is 6.50. The van der Waals surface area contributed by atoms with Crippen molar-refractivity contribution in [3.8, 4) is 0 Å². The fourth-order valence-electron chi connectivity index (χ4n) is 1.45. The molecule has 0 heterocycles. The largest absolute Gasteiger partial charge is 0.673 e.